The maximum Gasteiger partial charge on any atom is 0.144 e. The molecule has 0 saturated carbocycles. The lowest BCUT2D eigenvalue weighted by molar-refractivity contribution is 0.0393. The molecule has 0 spiro atoms. The van der Waals surface area contributed by atoms with E-state index in [9.17, 15) is 5.11 Å². The van der Waals surface area contributed by atoms with Gasteiger partial charge in [-0.3, -0.25) is 0 Å². The smallest absolute Gasteiger partial charge is 0.144 e. The Morgan fingerprint density at radius 1 is 1.52 bits per heavy atom. The molecule has 0 unspecified atom stereocenters. The van der Waals surface area contributed by atoms with Crippen LogP contribution in [0, 0.1) is 0 Å². The van der Waals surface area contributed by atoms with Gasteiger partial charge in [-0.1, -0.05) is 30.6 Å². The van der Waals surface area contributed by atoms with Gasteiger partial charge in [-0.25, -0.2) is 4.98 Å². The van der Waals surface area contributed by atoms with Gasteiger partial charge in [-0.2, -0.15) is 0 Å². The highest BCUT2D eigenvalue weighted by Gasteiger charge is 2.17. The second-order valence-electron chi connectivity index (χ2n) is 5.26. The highest BCUT2D eigenvalue weighted by molar-refractivity contribution is 6.29. The summed E-state index contributed by atoms with van der Waals surface area (Å²) in [4.78, 5) is 9.48. The Balaban J connectivity index is 1.91. The molecule has 0 amide bonds. The summed E-state index contributed by atoms with van der Waals surface area (Å²) in [5.41, 5.74) is 1.71. The van der Waals surface area contributed by atoms with Crippen LogP contribution in [0.5, 0.6) is 0 Å². The first kappa shape index (κ1) is 16.0. The normalized spacial score (nSPS) is 17.5. The molecule has 6 nitrogen and oxygen atoms in total. The molecule has 1 atom stereocenters. The quantitative estimate of drug-likeness (QED) is 0.549. The zero-order valence-electron chi connectivity index (χ0n) is 12.3. The van der Waals surface area contributed by atoms with Gasteiger partial charge < -0.3 is 20.6 Å². The predicted octanol–water partition coefficient (Wildman–Crippen LogP) is 1.63. The molecule has 116 valence electrons. The molecule has 2 rings (SSSR count). The molecule has 0 bridgehead atoms. The van der Waals surface area contributed by atoms with Crippen molar-refractivity contribution in [1.82, 2.24) is 10.3 Å². The number of anilines is 1. The van der Waals surface area contributed by atoms with Crippen LogP contribution in [-0.2, 0) is 4.84 Å². The lowest BCUT2D eigenvalue weighted by Gasteiger charge is -2.19. The number of halogens is 1. The number of rotatable bonds is 6. The summed E-state index contributed by atoms with van der Waals surface area (Å²) >= 11 is 5.87. The van der Waals surface area contributed by atoms with E-state index < -0.39 is 6.10 Å². The Hall–Kier alpha value is -1.37. The van der Waals surface area contributed by atoms with Gasteiger partial charge in [0, 0.05) is 31.1 Å². The molecular weight excluding hydrogens is 292 g/mol. The van der Waals surface area contributed by atoms with Crippen molar-refractivity contribution in [3.05, 3.63) is 22.8 Å². The Labute approximate surface area is 129 Å². The van der Waals surface area contributed by atoms with E-state index in [1.165, 1.54) is 0 Å². The highest BCUT2D eigenvalue weighted by atomic mass is 35.5. The van der Waals surface area contributed by atoms with E-state index in [1.807, 2.05) is 19.9 Å². The van der Waals surface area contributed by atoms with Crippen LogP contribution >= 0.6 is 11.6 Å². The minimum Gasteiger partial charge on any atom is -0.393 e. The van der Waals surface area contributed by atoms with Gasteiger partial charge in [0.25, 0.3) is 0 Å². The average molecular weight is 313 g/mol. The summed E-state index contributed by atoms with van der Waals surface area (Å²) in [5.74, 6) is 0.720. The number of hydrogen-bond donors (Lipinski definition) is 3. The third-order valence-corrected chi connectivity index (χ3v) is 3.24. The number of nitrogens with zero attached hydrogens (tertiary/aromatic N) is 2. The SMILES string of the molecule is CC(C)NC[C@@H](O)CO/N=C1\CCNc2nc(Cl)ccc21. The van der Waals surface area contributed by atoms with Crippen LogP contribution < -0.4 is 10.6 Å². The molecule has 0 aromatic carbocycles. The van der Waals surface area contributed by atoms with E-state index in [0.29, 0.717) is 17.7 Å². The summed E-state index contributed by atoms with van der Waals surface area (Å²) in [6, 6.07) is 3.93. The first-order valence-electron chi connectivity index (χ1n) is 7.07. The number of fused-ring (bicyclic) bond motifs is 1. The Morgan fingerprint density at radius 2 is 2.33 bits per heavy atom. The average Bonchev–Trinajstić information content (AvgIpc) is 2.45. The summed E-state index contributed by atoms with van der Waals surface area (Å²) in [5, 5.41) is 20.6. The molecule has 7 heteroatoms. The van der Waals surface area contributed by atoms with Crippen LogP contribution in [0.4, 0.5) is 5.82 Å². The van der Waals surface area contributed by atoms with Crippen molar-refractivity contribution in [2.75, 3.05) is 25.0 Å². The minimum absolute atomic E-state index is 0.160. The van der Waals surface area contributed by atoms with E-state index in [2.05, 4.69) is 20.8 Å². The Bertz CT molecular complexity index is 508. The lowest BCUT2D eigenvalue weighted by Crippen LogP contribution is -2.34. The third-order valence-electron chi connectivity index (χ3n) is 3.03. The van der Waals surface area contributed by atoms with Crippen molar-refractivity contribution in [3.63, 3.8) is 0 Å². The van der Waals surface area contributed by atoms with Crippen molar-refractivity contribution < 1.29 is 9.94 Å². The van der Waals surface area contributed by atoms with E-state index in [-0.39, 0.29) is 6.61 Å². The van der Waals surface area contributed by atoms with E-state index in [0.717, 1.165) is 30.1 Å². The van der Waals surface area contributed by atoms with Crippen LogP contribution in [0.1, 0.15) is 25.8 Å². The molecule has 21 heavy (non-hydrogen) atoms. The maximum atomic E-state index is 9.76. The number of pyridine rings is 1. The monoisotopic (exact) mass is 312 g/mol. The van der Waals surface area contributed by atoms with Crippen molar-refractivity contribution in [2.24, 2.45) is 5.16 Å². The first-order valence-corrected chi connectivity index (χ1v) is 7.45. The topological polar surface area (TPSA) is 78.8 Å². The molecule has 0 radical (unpaired) electrons. The molecule has 0 saturated heterocycles. The molecular formula is C14H21ClN4O2. The predicted molar refractivity (Wildman–Crippen MR) is 84.0 cm³/mol. The van der Waals surface area contributed by atoms with Gasteiger partial charge in [0.2, 0.25) is 0 Å². The number of oxime groups is 1. The van der Waals surface area contributed by atoms with Gasteiger partial charge in [0.1, 0.15) is 23.7 Å². The zero-order valence-corrected chi connectivity index (χ0v) is 13.0. The molecule has 2 heterocycles. The number of aliphatic hydroxyl groups is 1. The molecule has 1 aliphatic heterocycles. The van der Waals surface area contributed by atoms with Crippen molar-refractivity contribution in [1.29, 1.82) is 0 Å². The fourth-order valence-electron chi connectivity index (χ4n) is 1.96. The minimum atomic E-state index is -0.582. The van der Waals surface area contributed by atoms with Crippen LogP contribution in [-0.4, -0.2) is 47.6 Å². The van der Waals surface area contributed by atoms with Crippen molar-refractivity contribution in [3.8, 4) is 0 Å². The molecule has 1 aromatic rings. The van der Waals surface area contributed by atoms with Crippen LogP contribution in [0.2, 0.25) is 5.15 Å². The lowest BCUT2D eigenvalue weighted by atomic mass is 10.1. The second kappa shape index (κ2) is 7.59. The molecule has 1 aromatic heterocycles. The standard InChI is InChI=1S/C14H21ClN4O2/c1-9(2)17-7-10(20)8-21-19-12-5-6-16-14-11(12)3-4-13(15)18-14/h3-4,9-10,17,20H,5-8H2,1-2H3,(H,16,18)/b19-12+/t10-/m1/s1. The van der Waals surface area contributed by atoms with Crippen molar-refractivity contribution in [2.45, 2.75) is 32.4 Å². The fraction of sp³-hybridized carbons (Fsp3) is 0.571. The van der Waals surface area contributed by atoms with Gasteiger partial charge in [-0.15, -0.1) is 0 Å². The van der Waals surface area contributed by atoms with Gasteiger partial charge in [0.05, 0.1) is 5.71 Å². The molecule has 0 aliphatic carbocycles. The number of hydrogen-bond acceptors (Lipinski definition) is 6. The third kappa shape index (κ3) is 4.84. The highest BCUT2D eigenvalue weighted by Crippen LogP contribution is 2.22. The van der Waals surface area contributed by atoms with Crippen LogP contribution in [0.3, 0.4) is 0 Å². The summed E-state index contributed by atoms with van der Waals surface area (Å²) < 4.78 is 0. The van der Waals surface area contributed by atoms with E-state index >= 15 is 0 Å². The number of aliphatic hydroxyl groups excluding tert-OH is 1. The Morgan fingerprint density at radius 3 is 3.10 bits per heavy atom. The number of aromatic nitrogens is 1. The van der Waals surface area contributed by atoms with Crippen LogP contribution in [0.25, 0.3) is 0 Å². The Kier molecular flexibility index (Phi) is 5.78. The van der Waals surface area contributed by atoms with Gasteiger partial charge in [-0.05, 0) is 12.1 Å². The summed E-state index contributed by atoms with van der Waals surface area (Å²) in [7, 11) is 0. The molecule has 3 N–H and O–H groups in total. The zero-order chi connectivity index (χ0) is 15.2. The largest absolute Gasteiger partial charge is 0.393 e. The summed E-state index contributed by atoms with van der Waals surface area (Å²) in [6.45, 7) is 5.43. The fourth-order valence-corrected chi connectivity index (χ4v) is 2.11. The van der Waals surface area contributed by atoms with E-state index in [4.69, 9.17) is 16.4 Å². The summed E-state index contributed by atoms with van der Waals surface area (Å²) in [6.07, 6.45) is 0.165. The second-order valence-corrected chi connectivity index (χ2v) is 5.64. The van der Waals surface area contributed by atoms with E-state index in [1.54, 1.807) is 6.07 Å². The van der Waals surface area contributed by atoms with Gasteiger partial charge in [0.15, 0.2) is 0 Å². The molecule has 0 fully saturated rings. The first-order chi connectivity index (χ1) is 10.1. The van der Waals surface area contributed by atoms with Crippen LogP contribution in [0.15, 0.2) is 17.3 Å². The van der Waals surface area contributed by atoms with Crippen molar-refractivity contribution >= 4 is 23.1 Å². The number of nitrogens with one attached hydrogen (secondary N) is 2. The maximum absolute atomic E-state index is 9.76. The van der Waals surface area contributed by atoms with Gasteiger partial charge >= 0.3 is 0 Å². The molecule has 1 aliphatic rings.